The van der Waals surface area contributed by atoms with E-state index in [1.165, 1.54) is 0 Å². The first-order valence-corrected chi connectivity index (χ1v) is 4.98. The summed E-state index contributed by atoms with van der Waals surface area (Å²) in [6.07, 6.45) is 3.93. The molecular formula is C11H16O3. The Morgan fingerprint density at radius 3 is 3.00 bits per heavy atom. The van der Waals surface area contributed by atoms with Gasteiger partial charge in [0.05, 0.1) is 12.2 Å². The zero-order valence-corrected chi connectivity index (χ0v) is 8.87. The molecule has 2 aliphatic rings. The molecule has 3 heteroatoms. The molecule has 0 spiro atoms. The summed E-state index contributed by atoms with van der Waals surface area (Å²) in [5, 5.41) is 0. The number of fused-ring (bicyclic) bond motifs is 1. The second-order valence-electron chi connectivity index (χ2n) is 4.29. The van der Waals surface area contributed by atoms with Gasteiger partial charge in [-0.15, -0.1) is 0 Å². The third kappa shape index (κ3) is 1.51. The summed E-state index contributed by atoms with van der Waals surface area (Å²) >= 11 is 0. The van der Waals surface area contributed by atoms with Crippen molar-refractivity contribution in [3.63, 3.8) is 0 Å². The highest BCUT2D eigenvalue weighted by molar-refractivity contribution is 5.88. The van der Waals surface area contributed by atoms with Crippen LogP contribution in [0.2, 0.25) is 0 Å². The van der Waals surface area contributed by atoms with Crippen LogP contribution in [-0.4, -0.2) is 30.7 Å². The highest BCUT2D eigenvalue weighted by Crippen LogP contribution is 2.51. The maximum Gasteiger partial charge on any atom is 0.152 e. The third-order valence-electron chi connectivity index (χ3n) is 3.22. The van der Waals surface area contributed by atoms with Gasteiger partial charge in [-0.25, -0.2) is 0 Å². The van der Waals surface area contributed by atoms with E-state index in [0.717, 1.165) is 18.4 Å². The molecule has 2 fully saturated rings. The summed E-state index contributed by atoms with van der Waals surface area (Å²) in [6, 6.07) is 0. The molecule has 0 aromatic heterocycles. The molecule has 0 N–H and O–H groups in total. The van der Waals surface area contributed by atoms with Crippen LogP contribution in [0, 0.1) is 0 Å². The minimum absolute atomic E-state index is 0.0900. The number of carbonyl (C=O) groups is 1. The molecule has 1 saturated carbocycles. The quantitative estimate of drug-likeness (QED) is 0.496. The van der Waals surface area contributed by atoms with Crippen LogP contribution < -0.4 is 0 Å². The molecule has 1 aliphatic carbocycles. The molecule has 3 nitrogen and oxygen atoms in total. The number of allylic oxidation sites excluding steroid dienone is 1. The van der Waals surface area contributed by atoms with Crippen LogP contribution in [0.25, 0.3) is 0 Å². The van der Waals surface area contributed by atoms with Crippen molar-refractivity contribution < 1.29 is 14.3 Å². The van der Waals surface area contributed by atoms with E-state index in [1.807, 2.05) is 0 Å². The molecule has 2 unspecified atom stereocenters. The molecule has 78 valence electrons. The van der Waals surface area contributed by atoms with Crippen molar-refractivity contribution in [1.82, 2.24) is 0 Å². The number of epoxide rings is 1. The van der Waals surface area contributed by atoms with E-state index in [1.54, 1.807) is 20.1 Å². The summed E-state index contributed by atoms with van der Waals surface area (Å²) in [5.41, 5.74) is 0.925. The van der Waals surface area contributed by atoms with E-state index in [0.29, 0.717) is 0 Å². The summed E-state index contributed by atoms with van der Waals surface area (Å²) in [4.78, 5) is 11.0. The van der Waals surface area contributed by atoms with Gasteiger partial charge < -0.3 is 9.47 Å². The van der Waals surface area contributed by atoms with Crippen LogP contribution in [0.5, 0.6) is 0 Å². The van der Waals surface area contributed by atoms with Crippen LogP contribution in [0.1, 0.15) is 26.7 Å². The van der Waals surface area contributed by atoms with E-state index in [-0.39, 0.29) is 23.6 Å². The van der Waals surface area contributed by atoms with Crippen molar-refractivity contribution in [2.45, 2.75) is 44.5 Å². The number of hydrogen-bond acceptors (Lipinski definition) is 3. The van der Waals surface area contributed by atoms with E-state index < -0.39 is 0 Å². The Labute approximate surface area is 84.1 Å². The summed E-state index contributed by atoms with van der Waals surface area (Å²) in [6.45, 7) is 3.63. The molecule has 0 aromatic rings. The first kappa shape index (κ1) is 9.87. The van der Waals surface area contributed by atoms with Gasteiger partial charge in [-0.3, -0.25) is 4.79 Å². The zero-order valence-electron chi connectivity index (χ0n) is 8.87. The monoisotopic (exact) mass is 196 g/mol. The standard InChI is InChI=1S/C11H16O3/c1-7(12)4-8-5-9(13-3)6-10-11(8,2)14-10/h4,9-10H,5-6H2,1-3H3/b8-4+/t9?,10?,11-/m0/s1. The number of hydrogen-bond donors (Lipinski definition) is 0. The number of carbonyl (C=O) groups excluding carboxylic acids is 1. The molecule has 0 amide bonds. The molecule has 3 atom stereocenters. The van der Waals surface area contributed by atoms with Gasteiger partial charge in [-0.2, -0.15) is 0 Å². The molecule has 14 heavy (non-hydrogen) atoms. The number of rotatable bonds is 2. The van der Waals surface area contributed by atoms with Crippen LogP contribution in [-0.2, 0) is 14.3 Å². The lowest BCUT2D eigenvalue weighted by atomic mass is 9.83. The van der Waals surface area contributed by atoms with Crippen LogP contribution in [0.3, 0.4) is 0 Å². The van der Waals surface area contributed by atoms with Crippen molar-refractivity contribution >= 4 is 5.78 Å². The molecule has 0 radical (unpaired) electrons. The van der Waals surface area contributed by atoms with Crippen LogP contribution in [0.15, 0.2) is 11.6 Å². The van der Waals surface area contributed by atoms with E-state index >= 15 is 0 Å². The van der Waals surface area contributed by atoms with Gasteiger partial charge in [0.15, 0.2) is 5.78 Å². The fourth-order valence-electron chi connectivity index (χ4n) is 2.21. The first-order chi connectivity index (χ1) is 6.56. The van der Waals surface area contributed by atoms with E-state index in [9.17, 15) is 4.79 Å². The zero-order chi connectivity index (χ0) is 10.3. The van der Waals surface area contributed by atoms with Gasteiger partial charge in [0.1, 0.15) is 5.60 Å². The van der Waals surface area contributed by atoms with Crippen LogP contribution >= 0.6 is 0 Å². The van der Waals surface area contributed by atoms with Gasteiger partial charge in [0.25, 0.3) is 0 Å². The van der Waals surface area contributed by atoms with E-state index in [4.69, 9.17) is 9.47 Å². The van der Waals surface area contributed by atoms with Gasteiger partial charge >= 0.3 is 0 Å². The molecule has 1 aliphatic heterocycles. The van der Waals surface area contributed by atoms with Gasteiger partial charge in [0, 0.05) is 13.5 Å². The Balaban J connectivity index is 2.18. The minimum Gasteiger partial charge on any atom is -0.381 e. The summed E-state index contributed by atoms with van der Waals surface area (Å²) in [7, 11) is 1.71. The third-order valence-corrected chi connectivity index (χ3v) is 3.22. The second kappa shape index (κ2) is 3.17. The average Bonchev–Trinajstić information content (AvgIpc) is 2.76. The van der Waals surface area contributed by atoms with Crippen molar-refractivity contribution in [1.29, 1.82) is 0 Å². The Morgan fingerprint density at radius 2 is 2.43 bits per heavy atom. The first-order valence-electron chi connectivity index (χ1n) is 4.98. The SMILES string of the molecule is COC1C/C(=C\C(C)=O)[C@]2(C)OC2C1. The van der Waals surface area contributed by atoms with Gasteiger partial charge in [-0.1, -0.05) is 0 Å². The smallest absolute Gasteiger partial charge is 0.152 e. The predicted molar refractivity (Wildman–Crippen MR) is 52.1 cm³/mol. The van der Waals surface area contributed by atoms with Crippen molar-refractivity contribution in [2.75, 3.05) is 7.11 Å². The molecule has 2 rings (SSSR count). The Hall–Kier alpha value is -0.670. The van der Waals surface area contributed by atoms with Crippen molar-refractivity contribution in [3.05, 3.63) is 11.6 Å². The lowest BCUT2D eigenvalue weighted by Crippen LogP contribution is -2.29. The number of methoxy groups -OCH3 is 1. The Kier molecular flexibility index (Phi) is 2.24. The number of ether oxygens (including phenoxy) is 2. The molecule has 1 heterocycles. The normalized spacial score (nSPS) is 43.5. The topological polar surface area (TPSA) is 38.8 Å². The fraction of sp³-hybridized carbons (Fsp3) is 0.727. The Bertz CT molecular complexity index is 295. The highest BCUT2D eigenvalue weighted by atomic mass is 16.6. The number of ketones is 1. The van der Waals surface area contributed by atoms with Crippen molar-refractivity contribution in [3.8, 4) is 0 Å². The summed E-state index contributed by atoms with van der Waals surface area (Å²) in [5.74, 6) is 0.0900. The molecule has 0 bridgehead atoms. The van der Waals surface area contributed by atoms with Gasteiger partial charge in [0.2, 0.25) is 0 Å². The van der Waals surface area contributed by atoms with Gasteiger partial charge in [-0.05, 0) is 31.9 Å². The fourth-order valence-corrected chi connectivity index (χ4v) is 2.21. The maximum absolute atomic E-state index is 11.0. The lowest BCUT2D eigenvalue weighted by molar-refractivity contribution is -0.112. The summed E-state index contributed by atoms with van der Waals surface area (Å²) < 4.78 is 10.9. The van der Waals surface area contributed by atoms with Crippen molar-refractivity contribution in [2.24, 2.45) is 0 Å². The predicted octanol–water partition coefficient (Wildman–Crippen LogP) is 1.47. The minimum atomic E-state index is -0.166. The highest BCUT2D eigenvalue weighted by Gasteiger charge is 2.58. The maximum atomic E-state index is 11.0. The molecular weight excluding hydrogens is 180 g/mol. The molecule has 1 saturated heterocycles. The Morgan fingerprint density at radius 1 is 1.71 bits per heavy atom. The van der Waals surface area contributed by atoms with E-state index in [2.05, 4.69) is 6.92 Å². The lowest BCUT2D eigenvalue weighted by Gasteiger charge is -2.24. The average molecular weight is 196 g/mol. The second-order valence-corrected chi connectivity index (χ2v) is 4.29. The molecule has 0 aromatic carbocycles. The largest absolute Gasteiger partial charge is 0.381 e. The van der Waals surface area contributed by atoms with Crippen LogP contribution in [0.4, 0.5) is 0 Å².